The molecular weight excluding hydrogens is 447 g/mol. The summed E-state index contributed by atoms with van der Waals surface area (Å²) >= 11 is 6.02. The molecule has 1 aliphatic heterocycles. The van der Waals surface area contributed by atoms with Crippen LogP contribution in [0.3, 0.4) is 0 Å². The number of piperazine rings is 1. The number of para-hydroxylation sites is 1. The molecular formula is C21H19ClF3N5O2. The minimum Gasteiger partial charge on any atom is -0.352 e. The Morgan fingerprint density at radius 3 is 2.53 bits per heavy atom. The summed E-state index contributed by atoms with van der Waals surface area (Å²) in [7, 11) is 0. The lowest BCUT2D eigenvalue weighted by Gasteiger charge is -2.36. The lowest BCUT2D eigenvalue weighted by atomic mass is 10.1. The first-order valence-corrected chi connectivity index (χ1v) is 10.2. The molecule has 0 radical (unpaired) electrons. The van der Waals surface area contributed by atoms with Gasteiger partial charge in [0, 0.05) is 32.4 Å². The van der Waals surface area contributed by atoms with Crippen molar-refractivity contribution in [3.63, 3.8) is 0 Å². The van der Waals surface area contributed by atoms with E-state index in [0.717, 1.165) is 17.8 Å². The number of hydrogen-bond acceptors (Lipinski definition) is 5. The minimum absolute atomic E-state index is 0.0938. The van der Waals surface area contributed by atoms with Gasteiger partial charge in [0.2, 0.25) is 5.91 Å². The molecule has 3 heterocycles. The predicted octanol–water partition coefficient (Wildman–Crippen LogP) is 3.12. The van der Waals surface area contributed by atoms with Crippen LogP contribution in [0.1, 0.15) is 11.1 Å². The van der Waals surface area contributed by atoms with Crippen molar-refractivity contribution in [2.45, 2.75) is 19.6 Å². The Bertz CT molecular complexity index is 1240. The first-order chi connectivity index (χ1) is 15.1. The fourth-order valence-corrected chi connectivity index (χ4v) is 3.97. The van der Waals surface area contributed by atoms with Crippen LogP contribution in [0.15, 0.2) is 41.6 Å². The standard InChI is InChI=1S/C21H19ClF3N5O2/c1-13-3-2-4-15-18(13)27-12-30(20(15)32)11-17(31)28-5-7-29(8-6-28)19-16(22)9-14(10-26-19)21(23,24)25/h2-4,9-10,12H,5-8,11H2,1H3. The van der Waals surface area contributed by atoms with Gasteiger partial charge in [-0.05, 0) is 24.6 Å². The van der Waals surface area contributed by atoms with Gasteiger partial charge in [-0.1, -0.05) is 23.7 Å². The normalized spacial score (nSPS) is 14.8. The van der Waals surface area contributed by atoms with E-state index in [2.05, 4.69) is 9.97 Å². The molecule has 1 aromatic carbocycles. The molecule has 1 aliphatic rings. The predicted molar refractivity (Wildman–Crippen MR) is 114 cm³/mol. The van der Waals surface area contributed by atoms with E-state index >= 15 is 0 Å². The van der Waals surface area contributed by atoms with E-state index in [9.17, 15) is 22.8 Å². The number of anilines is 1. The van der Waals surface area contributed by atoms with Gasteiger partial charge < -0.3 is 9.80 Å². The zero-order valence-corrected chi connectivity index (χ0v) is 17.8. The van der Waals surface area contributed by atoms with Gasteiger partial charge in [-0.15, -0.1) is 0 Å². The lowest BCUT2D eigenvalue weighted by molar-refractivity contribution is -0.138. The molecule has 168 valence electrons. The van der Waals surface area contributed by atoms with E-state index < -0.39 is 11.7 Å². The number of rotatable bonds is 3. The Morgan fingerprint density at radius 2 is 1.88 bits per heavy atom. The highest BCUT2D eigenvalue weighted by Crippen LogP contribution is 2.33. The summed E-state index contributed by atoms with van der Waals surface area (Å²) in [5.74, 6) is 0.00381. The Labute approximate surface area is 186 Å². The maximum absolute atomic E-state index is 12.8. The van der Waals surface area contributed by atoms with E-state index in [-0.39, 0.29) is 28.9 Å². The van der Waals surface area contributed by atoms with E-state index in [1.807, 2.05) is 13.0 Å². The van der Waals surface area contributed by atoms with Crippen LogP contribution in [-0.4, -0.2) is 51.5 Å². The molecule has 3 aromatic rings. The second-order valence-electron chi connectivity index (χ2n) is 7.54. The zero-order chi connectivity index (χ0) is 23.0. The first-order valence-electron chi connectivity index (χ1n) is 9.85. The van der Waals surface area contributed by atoms with Crippen LogP contribution >= 0.6 is 11.6 Å². The molecule has 0 unspecified atom stereocenters. The maximum Gasteiger partial charge on any atom is 0.417 e. The largest absolute Gasteiger partial charge is 0.417 e. The van der Waals surface area contributed by atoms with Gasteiger partial charge in [0.15, 0.2) is 0 Å². The van der Waals surface area contributed by atoms with Gasteiger partial charge in [0.25, 0.3) is 5.56 Å². The number of pyridine rings is 1. The van der Waals surface area contributed by atoms with Crippen molar-refractivity contribution in [3.8, 4) is 0 Å². The molecule has 0 bridgehead atoms. The summed E-state index contributed by atoms with van der Waals surface area (Å²) in [5, 5.41) is 0.358. The topological polar surface area (TPSA) is 71.3 Å². The van der Waals surface area contributed by atoms with E-state index in [0.29, 0.717) is 37.1 Å². The van der Waals surface area contributed by atoms with Crippen molar-refractivity contribution in [2.24, 2.45) is 0 Å². The fraction of sp³-hybridized carbons (Fsp3) is 0.333. The Morgan fingerprint density at radius 1 is 1.16 bits per heavy atom. The van der Waals surface area contributed by atoms with E-state index in [1.54, 1.807) is 21.9 Å². The maximum atomic E-state index is 12.8. The van der Waals surface area contributed by atoms with E-state index in [4.69, 9.17) is 11.6 Å². The Balaban J connectivity index is 1.43. The van der Waals surface area contributed by atoms with Crippen LogP contribution in [0.2, 0.25) is 5.02 Å². The summed E-state index contributed by atoms with van der Waals surface area (Å²) < 4.78 is 39.7. The molecule has 11 heteroatoms. The summed E-state index contributed by atoms with van der Waals surface area (Å²) in [6.45, 7) is 3.08. The number of benzene rings is 1. The van der Waals surface area contributed by atoms with Gasteiger partial charge in [-0.25, -0.2) is 9.97 Å². The number of aryl methyl sites for hydroxylation is 1. The van der Waals surface area contributed by atoms with Crippen LogP contribution < -0.4 is 10.5 Å². The van der Waals surface area contributed by atoms with Gasteiger partial charge in [0.1, 0.15) is 12.4 Å². The van der Waals surface area contributed by atoms with Crippen molar-refractivity contribution >= 4 is 34.2 Å². The number of aromatic nitrogens is 3. The fourth-order valence-electron chi connectivity index (χ4n) is 3.68. The van der Waals surface area contributed by atoms with Crippen LogP contribution in [0.4, 0.5) is 19.0 Å². The number of carbonyl (C=O) groups is 1. The SMILES string of the molecule is Cc1cccc2c(=O)n(CC(=O)N3CCN(c4ncc(C(F)(F)F)cc4Cl)CC3)cnc12. The van der Waals surface area contributed by atoms with Gasteiger partial charge >= 0.3 is 6.18 Å². The van der Waals surface area contributed by atoms with Gasteiger partial charge in [-0.2, -0.15) is 13.2 Å². The number of carbonyl (C=O) groups excluding carboxylic acids is 1. The monoisotopic (exact) mass is 465 g/mol. The molecule has 1 amide bonds. The second kappa shape index (κ2) is 8.42. The molecule has 7 nitrogen and oxygen atoms in total. The van der Waals surface area contributed by atoms with Crippen molar-refractivity contribution in [2.75, 3.05) is 31.1 Å². The number of hydrogen-bond donors (Lipinski definition) is 0. The smallest absolute Gasteiger partial charge is 0.352 e. The molecule has 2 aromatic heterocycles. The molecule has 0 aliphatic carbocycles. The quantitative estimate of drug-likeness (QED) is 0.594. The summed E-state index contributed by atoms with van der Waals surface area (Å²) in [4.78, 5) is 37.0. The molecule has 0 saturated carbocycles. The molecule has 0 spiro atoms. The highest BCUT2D eigenvalue weighted by Gasteiger charge is 2.32. The molecule has 32 heavy (non-hydrogen) atoms. The number of amides is 1. The molecule has 0 atom stereocenters. The average Bonchev–Trinajstić information content (AvgIpc) is 2.75. The third-order valence-electron chi connectivity index (χ3n) is 5.44. The molecule has 4 rings (SSSR count). The highest BCUT2D eigenvalue weighted by atomic mass is 35.5. The number of halogens is 4. The summed E-state index contributed by atoms with van der Waals surface area (Å²) in [6, 6.07) is 6.16. The van der Waals surface area contributed by atoms with Crippen molar-refractivity contribution in [3.05, 3.63) is 63.3 Å². The summed E-state index contributed by atoms with van der Waals surface area (Å²) in [6.07, 6.45) is -2.40. The number of alkyl halides is 3. The third-order valence-corrected chi connectivity index (χ3v) is 5.72. The zero-order valence-electron chi connectivity index (χ0n) is 17.1. The van der Waals surface area contributed by atoms with Crippen LogP contribution in [0.25, 0.3) is 10.9 Å². The first kappa shape index (κ1) is 22.1. The Kier molecular flexibility index (Phi) is 5.81. The van der Waals surface area contributed by atoms with Crippen molar-refractivity contribution in [1.29, 1.82) is 0 Å². The lowest BCUT2D eigenvalue weighted by Crippen LogP contribution is -2.50. The average molecular weight is 466 g/mol. The minimum atomic E-state index is -4.52. The highest BCUT2D eigenvalue weighted by molar-refractivity contribution is 6.33. The Hall–Kier alpha value is -3.14. The van der Waals surface area contributed by atoms with Crippen LogP contribution in [-0.2, 0) is 17.5 Å². The molecule has 1 fully saturated rings. The summed E-state index contributed by atoms with van der Waals surface area (Å²) in [5.41, 5.74) is 0.289. The van der Waals surface area contributed by atoms with Crippen molar-refractivity contribution < 1.29 is 18.0 Å². The van der Waals surface area contributed by atoms with E-state index in [1.165, 1.54) is 10.9 Å². The van der Waals surface area contributed by atoms with Crippen molar-refractivity contribution in [1.82, 2.24) is 19.4 Å². The van der Waals surface area contributed by atoms with Crippen LogP contribution in [0, 0.1) is 6.92 Å². The molecule has 1 saturated heterocycles. The molecule has 0 N–H and O–H groups in total. The second-order valence-corrected chi connectivity index (χ2v) is 7.95. The van der Waals surface area contributed by atoms with Gasteiger partial charge in [-0.3, -0.25) is 14.2 Å². The van der Waals surface area contributed by atoms with Crippen LogP contribution in [0.5, 0.6) is 0 Å². The van der Waals surface area contributed by atoms with Gasteiger partial charge in [0.05, 0.1) is 27.8 Å². The number of fused-ring (bicyclic) bond motifs is 1. The third kappa shape index (κ3) is 4.27. The number of nitrogens with zero attached hydrogens (tertiary/aromatic N) is 5.